The lowest BCUT2D eigenvalue weighted by atomic mass is 10.0. The number of quaternary nitrogens is 1. The Morgan fingerprint density at radius 1 is 0.771 bits per heavy atom. The topological polar surface area (TPSA) is 230 Å². The van der Waals surface area contributed by atoms with E-state index in [0.29, 0.717) is 31.1 Å². The Hall–Kier alpha value is -4.19. The van der Waals surface area contributed by atoms with Crippen molar-refractivity contribution in [3.8, 4) is 0 Å². The van der Waals surface area contributed by atoms with Crippen LogP contribution >= 0.6 is 0 Å². The molecule has 12 heteroatoms. The molecule has 0 bridgehead atoms. The van der Waals surface area contributed by atoms with Gasteiger partial charge in [0.1, 0.15) is 0 Å². The summed E-state index contributed by atoms with van der Waals surface area (Å²) in [5.74, 6) is -1.69. The summed E-state index contributed by atoms with van der Waals surface area (Å²) in [5.41, 5.74) is 19.1. The first-order chi connectivity index (χ1) is 22.5. The van der Waals surface area contributed by atoms with Gasteiger partial charge in [0.05, 0.1) is 26.1 Å². The number of aliphatic carboxylic acids is 2. The molecule has 2 atom stereocenters. The van der Waals surface area contributed by atoms with Crippen molar-refractivity contribution >= 4 is 29.8 Å². The van der Waals surface area contributed by atoms with Gasteiger partial charge >= 0.3 is 5.96 Å². The normalized spacial score (nSPS) is 12.6. The first-order valence-electron chi connectivity index (χ1n) is 16.7. The first kappa shape index (κ1) is 48.2. The highest BCUT2D eigenvalue weighted by molar-refractivity contribution is 5.90. The molecule has 48 heavy (non-hydrogen) atoms. The minimum atomic E-state index is -1.23. The zero-order valence-corrected chi connectivity index (χ0v) is 30.5. The summed E-state index contributed by atoms with van der Waals surface area (Å²) in [5, 5.41) is 23.6. The number of nitrogens with two attached hydrogens (primary N) is 3. The van der Waals surface area contributed by atoms with E-state index in [-0.39, 0.29) is 24.2 Å². The summed E-state index contributed by atoms with van der Waals surface area (Å²) >= 11 is 0. The Labute approximate surface area is 289 Å². The molecule has 0 spiro atoms. The minimum absolute atomic E-state index is 0.0267. The van der Waals surface area contributed by atoms with Gasteiger partial charge in [-0.25, -0.2) is 0 Å². The van der Waals surface area contributed by atoms with Crippen LogP contribution in [0.25, 0.3) is 0 Å². The Balaban J connectivity index is -0.000000688. The molecular formula is C36H65N7O5. The number of allylic oxidation sites excluding steroid dienone is 10. The number of unbranched alkanes of at least 4 members (excludes halogenated alkanes) is 1. The average Bonchev–Trinajstić information content (AvgIpc) is 2.97. The third kappa shape index (κ3) is 38.0. The van der Waals surface area contributed by atoms with Gasteiger partial charge in [-0.2, -0.15) is 0 Å². The fourth-order valence-electron chi connectivity index (χ4n) is 3.62. The maximum atomic E-state index is 11.7. The van der Waals surface area contributed by atoms with Crippen LogP contribution in [0.3, 0.4) is 0 Å². The second-order valence-corrected chi connectivity index (χ2v) is 12.1. The van der Waals surface area contributed by atoms with Crippen LogP contribution in [-0.2, 0) is 14.4 Å². The molecule has 1 amide bonds. The van der Waals surface area contributed by atoms with Crippen LogP contribution in [0.4, 0.5) is 0 Å². The molecule has 0 aliphatic rings. The number of guanidine groups is 2. The number of amides is 1. The quantitative estimate of drug-likeness (QED) is 0.0416. The minimum Gasteiger partial charge on any atom is -0.550 e. The number of hydrogen-bond acceptors (Lipinski definition) is 5. The summed E-state index contributed by atoms with van der Waals surface area (Å²) in [6.45, 7) is 9.94. The molecule has 0 heterocycles. The zero-order chi connectivity index (χ0) is 37.3. The van der Waals surface area contributed by atoms with Gasteiger partial charge in [0.2, 0.25) is 0 Å². The zero-order valence-electron chi connectivity index (χ0n) is 30.5. The van der Waals surface area contributed by atoms with Crippen molar-refractivity contribution in [1.82, 2.24) is 5.32 Å². The highest BCUT2D eigenvalue weighted by Crippen LogP contribution is 2.06. The number of rotatable bonds is 20. The molecule has 0 aliphatic carbocycles. The third-order valence-corrected chi connectivity index (χ3v) is 6.05. The molecule has 0 fully saturated rings. The SMILES string of the molecule is CC(C)C[C@H](NC(=O)[C@@H]([NH3+])CC(C)C)C(=O)[O-].CC/C=C\C/C=C\C/C=C\C/C=C\C/C=C\CCCC(=O)[O-].C[N+](C)=C(N)N=C(N)N. The lowest BCUT2D eigenvalue weighted by molar-refractivity contribution is -0.466. The van der Waals surface area contributed by atoms with E-state index < -0.39 is 24.0 Å². The summed E-state index contributed by atoms with van der Waals surface area (Å²) in [6, 6.07) is -1.33. The second-order valence-electron chi connectivity index (χ2n) is 12.1. The highest BCUT2D eigenvalue weighted by Gasteiger charge is 2.22. The van der Waals surface area contributed by atoms with Gasteiger partial charge in [-0.05, 0) is 74.6 Å². The van der Waals surface area contributed by atoms with Gasteiger partial charge in [-0.3, -0.25) is 15.1 Å². The summed E-state index contributed by atoms with van der Waals surface area (Å²) in [7, 11) is 3.50. The number of aliphatic imine (C=N–C) groups is 1. The molecule has 0 radical (unpaired) electrons. The van der Waals surface area contributed by atoms with Gasteiger partial charge in [0.25, 0.3) is 11.9 Å². The average molecular weight is 676 g/mol. The van der Waals surface area contributed by atoms with Gasteiger partial charge < -0.3 is 42.3 Å². The van der Waals surface area contributed by atoms with Gasteiger partial charge in [0.15, 0.2) is 6.04 Å². The third-order valence-electron chi connectivity index (χ3n) is 6.05. The Morgan fingerprint density at radius 2 is 1.21 bits per heavy atom. The molecule has 10 N–H and O–H groups in total. The van der Waals surface area contributed by atoms with Crippen molar-refractivity contribution in [3.63, 3.8) is 0 Å². The molecule has 0 saturated heterocycles. The monoisotopic (exact) mass is 676 g/mol. The number of carboxylic acid groups (broad SMARTS) is 2. The largest absolute Gasteiger partial charge is 0.550 e. The molecule has 0 aromatic heterocycles. The smallest absolute Gasteiger partial charge is 0.387 e. The van der Waals surface area contributed by atoms with Crippen molar-refractivity contribution in [2.45, 2.75) is 111 Å². The van der Waals surface area contributed by atoms with Crippen LogP contribution in [0.1, 0.15) is 98.8 Å². The Morgan fingerprint density at radius 3 is 1.54 bits per heavy atom. The van der Waals surface area contributed by atoms with Gasteiger partial charge in [-0.1, -0.05) is 95.4 Å². The first-order valence-corrected chi connectivity index (χ1v) is 16.7. The van der Waals surface area contributed by atoms with Crippen molar-refractivity contribution in [2.24, 2.45) is 34.0 Å². The maximum Gasteiger partial charge on any atom is 0.387 e. The van der Waals surface area contributed by atoms with E-state index in [2.05, 4.69) is 77.7 Å². The van der Waals surface area contributed by atoms with Crippen LogP contribution in [0, 0.1) is 11.8 Å². The predicted octanol–water partition coefficient (Wildman–Crippen LogP) is 1.43. The molecule has 0 rings (SSSR count). The number of carbonyl (C=O) groups is 3. The van der Waals surface area contributed by atoms with E-state index in [0.717, 1.165) is 38.5 Å². The van der Waals surface area contributed by atoms with E-state index in [9.17, 15) is 24.6 Å². The van der Waals surface area contributed by atoms with Crippen LogP contribution in [0.5, 0.6) is 0 Å². The molecule has 0 aromatic rings. The highest BCUT2D eigenvalue weighted by atomic mass is 16.4. The fourth-order valence-corrected chi connectivity index (χ4v) is 3.62. The van der Waals surface area contributed by atoms with Crippen molar-refractivity contribution in [2.75, 3.05) is 14.1 Å². The maximum absolute atomic E-state index is 11.7. The van der Waals surface area contributed by atoms with E-state index in [1.54, 1.807) is 18.7 Å². The lowest BCUT2D eigenvalue weighted by Gasteiger charge is -2.22. The number of nitrogens with one attached hydrogen (secondary N) is 1. The Kier molecular flexibility index (Phi) is 32.9. The molecule has 0 saturated carbocycles. The Bertz CT molecular complexity index is 1080. The molecule has 0 aliphatic heterocycles. The van der Waals surface area contributed by atoms with Crippen LogP contribution < -0.4 is 38.5 Å². The lowest BCUT2D eigenvalue weighted by Crippen LogP contribution is -2.69. The second kappa shape index (κ2) is 32.7. The molecule has 0 unspecified atom stereocenters. The summed E-state index contributed by atoms with van der Waals surface area (Å²) < 4.78 is 1.61. The number of hydrogen-bond donors (Lipinski definition) is 5. The fraction of sp³-hybridized carbons (Fsp3) is 0.583. The van der Waals surface area contributed by atoms with Crippen LogP contribution in [-0.4, -0.2) is 60.5 Å². The predicted molar refractivity (Wildman–Crippen MR) is 193 cm³/mol. The van der Waals surface area contributed by atoms with E-state index in [1.807, 2.05) is 33.8 Å². The standard InChI is InChI=1S/C20H30O2.C12H24N2O3.C4H11N5/c1-2-3-4-5-6-7-8-9-10-11-12-13-14-15-16-17-18-19-20(21)22;1-7(2)5-9(13)11(15)14-10(12(16)17)6-8(3)4;1-9(2)4(7)8-3(5)6/h3-4,6-7,9-10,12-13,15-16H,2,5,8,11,14,17-19H2,1H3,(H,21,22);7-10H,5-6,13H2,1-4H3,(H,14,15)(H,16,17);1-2H3,(H5,5,6,7,8)/b4-3-,7-6-,10-9-,13-12-,16-15-;;/t;9-,10-;/m.0./s1. The molecule has 0 aromatic carbocycles. The molecular weight excluding hydrogens is 610 g/mol. The van der Waals surface area contributed by atoms with Crippen molar-refractivity contribution < 1.29 is 34.9 Å². The van der Waals surface area contributed by atoms with Crippen LogP contribution in [0.15, 0.2) is 65.8 Å². The summed E-state index contributed by atoms with van der Waals surface area (Å²) in [6.07, 6.45) is 29.1. The van der Waals surface area contributed by atoms with Crippen molar-refractivity contribution in [3.05, 3.63) is 60.8 Å². The molecule has 274 valence electrons. The van der Waals surface area contributed by atoms with E-state index in [1.165, 1.54) is 0 Å². The number of carboxylic acids is 2. The van der Waals surface area contributed by atoms with Gasteiger partial charge in [0, 0.05) is 12.4 Å². The number of nitrogens with zero attached hydrogens (tertiary/aromatic N) is 2. The number of carbonyl (C=O) groups excluding carboxylic acids is 3. The molecule has 12 nitrogen and oxygen atoms in total. The summed E-state index contributed by atoms with van der Waals surface area (Å²) in [4.78, 5) is 36.3. The van der Waals surface area contributed by atoms with E-state index >= 15 is 0 Å². The van der Waals surface area contributed by atoms with Gasteiger partial charge in [-0.15, -0.1) is 0 Å². The van der Waals surface area contributed by atoms with E-state index in [4.69, 9.17) is 17.2 Å². The van der Waals surface area contributed by atoms with Crippen molar-refractivity contribution in [1.29, 1.82) is 0 Å². The van der Waals surface area contributed by atoms with Crippen LogP contribution in [0.2, 0.25) is 0 Å².